The molecule has 0 aliphatic carbocycles. The zero-order valence-electron chi connectivity index (χ0n) is 7.39. The highest BCUT2D eigenvalue weighted by Gasteiger charge is 2.03. The Balaban J connectivity index is 3.34. The van der Waals surface area contributed by atoms with Crippen molar-refractivity contribution in [2.75, 3.05) is 20.1 Å². The van der Waals surface area contributed by atoms with E-state index in [0.29, 0.717) is 4.83 Å². The zero-order valence-corrected chi connectivity index (χ0v) is 8.98. The van der Waals surface area contributed by atoms with Crippen LogP contribution in [0.4, 0.5) is 0 Å². The van der Waals surface area contributed by atoms with E-state index in [-0.39, 0.29) is 0 Å². The summed E-state index contributed by atoms with van der Waals surface area (Å²) in [6, 6.07) is 0. The van der Waals surface area contributed by atoms with Crippen LogP contribution in [0.25, 0.3) is 0 Å². The molecule has 0 spiro atoms. The minimum Gasteiger partial charge on any atom is -0.305 e. The Kier molecular flexibility index (Phi) is 5.36. The molecule has 2 heteroatoms. The average Bonchev–Trinajstić information content (AvgIpc) is 1.58. The number of hydrogen-bond acceptors (Lipinski definition) is 1. The molecule has 1 unspecified atom stereocenters. The van der Waals surface area contributed by atoms with Gasteiger partial charge in [-0.1, -0.05) is 36.7 Å². The molecule has 1 atom stereocenters. The third-order valence-electron chi connectivity index (χ3n) is 1.24. The SMILES string of the molecule is CC(C)CN(C)CC(C)Br. The first-order valence-electron chi connectivity index (χ1n) is 3.85. The smallest absolute Gasteiger partial charge is 0.0244 e. The summed E-state index contributed by atoms with van der Waals surface area (Å²) in [7, 11) is 2.16. The van der Waals surface area contributed by atoms with Gasteiger partial charge in [0.15, 0.2) is 0 Å². The first-order chi connectivity index (χ1) is 4.52. The lowest BCUT2D eigenvalue weighted by molar-refractivity contribution is 0.300. The number of alkyl halides is 1. The molecule has 10 heavy (non-hydrogen) atoms. The fraction of sp³-hybridized carbons (Fsp3) is 1.00. The van der Waals surface area contributed by atoms with Crippen molar-refractivity contribution in [3.05, 3.63) is 0 Å². The van der Waals surface area contributed by atoms with E-state index >= 15 is 0 Å². The molecule has 0 saturated carbocycles. The van der Waals surface area contributed by atoms with E-state index in [2.05, 4.69) is 48.6 Å². The van der Waals surface area contributed by atoms with Gasteiger partial charge in [-0.15, -0.1) is 0 Å². The van der Waals surface area contributed by atoms with E-state index in [1.54, 1.807) is 0 Å². The summed E-state index contributed by atoms with van der Waals surface area (Å²) in [4.78, 5) is 2.96. The quantitative estimate of drug-likeness (QED) is 0.641. The molecule has 0 rings (SSSR count). The van der Waals surface area contributed by atoms with E-state index in [1.165, 1.54) is 6.54 Å². The van der Waals surface area contributed by atoms with Gasteiger partial charge in [-0.05, 0) is 13.0 Å². The Morgan fingerprint density at radius 1 is 1.20 bits per heavy atom. The number of hydrogen-bond donors (Lipinski definition) is 0. The van der Waals surface area contributed by atoms with Gasteiger partial charge in [-0.2, -0.15) is 0 Å². The van der Waals surface area contributed by atoms with Gasteiger partial charge in [-0.3, -0.25) is 0 Å². The van der Waals surface area contributed by atoms with Crippen LogP contribution >= 0.6 is 15.9 Å². The second-order valence-corrected chi connectivity index (χ2v) is 4.96. The van der Waals surface area contributed by atoms with Crippen LogP contribution < -0.4 is 0 Å². The van der Waals surface area contributed by atoms with Crippen LogP contribution in [-0.2, 0) is 0 Å². The number of nitrogens with zero attached hydrogens (tertiary/aromatic N) is 1. The minimum absolute atomic E-state index is 0.608. The number of halogens is 1. The topological polar surface area (TPSA) is 3.24 Å². The second kappa shape index (κ2) is 5.14. The van der Waals surface area contributed by atoms with Crippen molar-refractivity contribution in [1.82, 2.24) is 4.90 Å². The zero-order chi connectivity index (χ0) is 8.15. The summed E-state index contributed by atoms with van der Waals surface area (Å²) in [5, 5.41) is 0. The largest absolute Gasteiger partial charge is 0.305 e. The van der Waals surface area contributed by atoms with E-state index in [0.717, 1.165) is 12.5 Å². The van der Waals surface area contributed by atoms with Gasteiger partial charge in [0, 0.05) is 17.9 Å². The molecule has 0 N–H and O–H groups in total. The molecule has 0 fully saturated rings. The fourth-order valence-corrected chi connectivity index (χ4v) is 1.62. The predicted molar refractivity (Wildman–Crippen MR) is 50.7 cm³/mol. The Morgan fingerprint density at radius 3 is 2.00 bits per heavy atom. The van der Waals surface area contributed by atoms with Crippen molar-refractivity contribution in [3.63, 3.8) is 0 Å². The lowest BCUT2D eigenvalue weighted by Crippen LogP contribution is -2.28. The van der Waals surface area contributed by atoms with Gasteiger partial charge in [0.05, 0.1) is 0 Å². The molecular formula is C8H18BrN. The van der Waals surface area contributed by atoms with E-state index < -0.39 is 0 Å². The predicted octanol–water partition coefficient (Wildman–Crippen LogP) is 2.36. The van der Waals surface area contributed by atoms with Gasteiger partial charge in [0.25, 0.3) is 0 Å². The molecule has 1 nitrogen and oxygen atoms in total. The van der Waals surface area contributed by atoms with Crippen molar-refractivity contribution in [2.24, 2.45) is 5.92 Å². The van der Waals surface area contributed by atoms with Crippen LogP contribution in [0.15, 0.2) is 0 Å². The summed E-state index contributed by atoms with van der Waals surface area (Å²) in [5.74, 6) is 0.774. The molecule has 0 heterocycles. The van der Waals surface area contributed by atoms with Crippen LogP contribution in [0, 0.1) is 5.92 Å². The van der Waals surface area contributed by atoms with Crippen molar-refractivity contribution in [2.45, 2.75) is 25.6 Å². The van der Waals surface area contributed by atoms with Crippen LogP contribution in [-0.4, -0.2) is 29.9 Å². The Morgan fingerprint density at radius 2 is 1.70 bits per heavy atom. The minimum atomic E-state index is 0.608. The highest BCUT2D eigenvalue weighted by atomic mass is 79.9. The molecule has 0 aliphatic heterocycles. The van der Waals surface area contributed by atoms with Crippen LogP contribution in [0.1, 0.15) is 20.8 Å². The first kappa shape index (κ1) is 10.4. The van der Waals surface area contributed by atoms with Crippen LogP contribution in [0.2, 0.25) is 0 Å². The molecule has 0 amide bonds. The highest BCUT2D eigenvalue weighted by molar-refractivity contribution is 9.09. The highest BCUT2D eigenvalue weighted by Crippen LogP contribution is 2.02. The normalized spacial score (nSPS) is 14.7. The summed E-state index contributed by atoms with van der Waals surface area (Å²) in [6.45, 7) is 9.00. The second-order valence-electron chi connectivity index (χ2n) is 3.40. The van der Waals surface area contributed by atoms with Gasteiger partial charge in [0.2, 0.25) is 0 Å². The Hall–Kier alpha value is 0.440. The summed E-state index contributed by atoms with van der Waals surface area (Å²) < 4.78 is 0. The average molecular weight is 208 g/mol. The third-order valence-corrected chi connectivity index (χ3v) is 1.53. The molecule has 0 saturated heterocycles. The monoisotopic (exact) mass is 207 g/mol. The molecule has 0 aliphatic rings. The van der Waals surface area contributed by atoms with Gasteiger partial charge >= 0.3 is 0 Å². The third kappa shape index (κ3) is 6.56. The maximum absolute atomic E-state index is 3.52. The molecule has 0 aromatic heterocycles. The lowest BCUT2D eigenvalue weighted by atomic mass is 10.2. The standard InChI is InChI=1S/C8H18BrN/c1-7(2)5-10(4)6-8(3)9/h7-8H,5-6H2,1-4H3. The van der Waals surface area contributed by atoms with Gasteiger partial charge in [0.1, 0.15) is 0 Å². The van der Waals surface area contributed by atoms with Crippen molar-refractivity contribution in [1.29, 1.82) is 0 Å². The van der Waals surface area contributed by atoms with Crippen LogP contribution in [0.3, 0.4) is 0 Å². The van der Waals surface area contributed by atoms with E-state index in [1.807, 2.05) is 0 Å². The Bertz CT molecular complexity index is 71.3. The molecule has 0 aromatic carbocycles. The van der Waals surface area contributed by atoms with Gasteiger partial charge < -0.3 is 4.90 Å². The van der Waals surface area contributed by atoms with Crippen LogP contribution in [0.5, 0.6) is 0 Å². The maximum atomic E-state index is 3.52. The molecular weight excluding hydrogens is 190 g/mol. The lowest BCUT2D eigenvalue weighted by Gasteiger charge is -2.19. The first-order valence-corrected chi connectivity index (χ1v) is 4.76. The Labute approximate surface area is 72.9 Å². The van der Waals surface area contributed by atoms with E-state index in [9.17, 15) is 0 Å². The van der Waals surface area contributed by atoms with Crippen molar-refractivity contribution in [3.8, 4) is 0 Å². The maximum Gasteiger partial charge on any atom is 0.0244 e. The summed E-state index contributed by atoms with van der Waals surface area (Å²) >= 11 is 3.52. The molecule has 0 radical (unpaired) electrons. The number of rotatable bonds is 4. The summed E-state index contributed by atoms with van der Waals surface area (Å²) in [6.07, 6.45) is 0. The molecule has 62 valence electrons. The van der Waals surface area contributed by atoms with Crippen molar-refractivity contribution >= 4 is 15.9 Å². The van der Waals surface area contributed by atoms with E-state index in [4.69, 9.17) is 0 Å². The molecule has 0 aromatic rings. The fourth-order valence-electron chi connectivity index (χ4n) is 1.13. The summed E-state index contributed by atoms with van der Waals surface area (Å²) in [5.41, 5.74) is 0. The van der Waals surface area contributed by atoms with Crippen molar-refractivity contribution < 1.29 is 0 Å². The molecule has 0 bridgehead atoms. The van der Waals surface area contributed by atoms with Gasteiger partial charge in [-0.25, -0.2) is 0 Å².